The van der Waals surface area contributed by atoms with Crippen LogP contribution in [0.5, 0.6) is 5.75 Å². The van der Waals surface area contributed by atoms with Crippen molar-refractivity contribution in [3.63, 3.8) is 0 Å². The first-order valence-electron chi connectivity index (χ1n) is 10.6. The molecular weight excluding hydrogens is 418 g/mol. The standard InChI is InChI=1S/C23H25N9O/c1-14(2)31-10-7-18(28-31)17-13-32-20(15(17)3)21(26-19-12-16(33-5)6-8-24-19)27-22(29-32)23-25-9-11-30(23)4/h6-14H,1-5H3,(H,24,26,27,29). The normalized spacial score (nSPS) is 11.5. The van der Waals surface area contributed by atoms with Crippen LogP contribution in [0.15, 0.2) is 49.2 Å². The van der Waals surface area contributed by atoms with Crippen molar-refractivity contribution in [2.75, 3.05) is 12.4 Å². The van der Waals surface area contributed by atoms with E-state index >= 15 is 0 Å². The van der Waals surface area contributed by atoms with Gasteiger partial charge in [-0.1, -0.05) is 0 Å². The van der Waals surface area contributed by atoms with E-state index in [0.717, 1.165) is 22.3 Å². The SMILES string of the molecule is COc1ccnc(Nc2nc(-c3nccn3C)nn3cc(-c4ccn(C(C)C)n4)c(C)c23)c1. The molecule has 5 heterocycles. The van der Waals surface area contributed by atoms with Gasteiger partial charge in [0.1, 0.15) is 17.1 Å². The Morgan fingerprint density at radius 2 is 1.91 bits per heavy atom. The van der Waals surface area contributed by atoms with Crippen LogP contribution in [0.25, 0.3) is 28.4 Å². The van der Waals surface area contributed by atoms with Crippen LogP contribution in [0.2, 0.25) is 0 Å². The molecule has 0 spiro atoms. The minimum atomic E-state index is 0.280. The van der Waals surface area contributed by atoms with Crippen molar-refractivity contribution in [3.8, 4) is 28.7 Å². The number of ether oxygens (including phenoxy) is 1. The third-order valence-electron chi connectivity index (χ3n) is 5.53. The zero-order valence-corrected chi connectivity index (χ0v) is 19.2. The number of nitrogens with zero attached hydrogens (tertiary/aromatic N) is 8. The van der Waals surface area contributed by atoms with Gasteiger partial charge in [-0.25, -0.2) is 19.5 Å². The molecule has 0 amide bonds. The van der Waals surface area contributed by atoms with Crippen LogP contribution in [0.3, 0.4) is 0 Å². The molecule has 0 aliphatic rings. The molecule has 5 aromatic rings. The van der Waals surface area contributed by atoms with E-state index in [0.29, 0.717) is 29.0 Å². The number of aromatic nitrogens is 8. The predicted octanol–water partition coefficient (Wildman–Crippen LogP) is 4.03. The third kappa shape index (κ3) is 3.69. The summed E-state index contributed by atoms with van der Waals surface area (Å²) in [6, 6.07) is 5.92. The monoisotopic (exact) mass is 443 g/mol. The van der Waals surface area contributed by atoms with Crippen LogP contribution in [0, 0.1) is 6.92 Å². The van der Waals surface area contributed by atoms with E-state index in [1.54, 1.807) is 25.6 Å². The van der Waals surface area contributed by atoms with Crippen LogP contribution >= 0.6 is 0 Å². The van der Waals surface area contributed by atoms with E-state index in [2.05, 4.69) is 29.1 Å². The molecule has 0 aromatic carbocycles. The number of pyridine rings is 1. The number of nitrogens with one attached hydrogen (secondary N) is 1. The van der Waals surface area contributed by atoms with Crippen molar-refractivity contribution in [1.29, 1.82) is 0 Å². The molecule has 0 unspecified atom stereocenters. The van der Waals surface area contributed by atoms with Crippen molar-refractivity contribution in [3.05, 3.63) is 54.7 Å². The molecule has 0 bridgehead atoms. The third-order valence-corrected chi connectivity index (χ3v) is 5.53. The maximum Gasteiger partial charge on any atom is 0.218 e. The summed E-state index contributed by atoms with van der Waals surface area (Å²) in [5.41, 5.74) is 3.73. The van der Waals surface area contributed by atoms with Gasteiger partial charge in [0.15, 0.2) is 11.6 Å². The largest absolute Gasteiger partial charge is 0.497 e. The molecule has 168 valence electrons. The summed E-state index contributed by atoms with van der Waals surface area (Å²) in [6.07, 6.45) is 9.26. The van der Waals surface area contributed by atoms with Gasteiger partial charge in [0, 0.05) is 55.7 Å². The highest BCUT2D eigenvalue weighted by Crippen LogP contribution is 2.32. The fraction of sp³-hybridized carbons (Fsp3) is 0.261. The van der Waals surface area contributed by atoms with Crippen molar-refractivity contribution in [2.45, 2.75) is 26.8 Å². The first kappa shape index (κ1) is 20.7. The fourth-order valence-corrected chi connectivity index (χ4v) is 3.75. The summed E-state index contributed by atoms with van der Waals surface area (Å²) in [6.45, 7) is 6.26. The molecule has 0 atom stereocenters. The number of aryl methyl sites for hydroxylation is 2. The lowest BCUT2D eigenvalue weighted by Crippen LogP contribution is -2.06. The Bertz CT molecular complexity index is 1440. The van der Waals surface area contributed by atoms with Crippen LogP contribution in [0.1, 0.15) is 25.5 Å². The number of fused-ring (bicyclic) bond motifs is 1. The predicted molar refractivity (Wildman–Crippen MR) is 126 cm³/mol. The average molecular weight is 444 g/mol. The molecule has 0 saturated heterocycles. The number of hydrogen-bond donors (Lipinski definition) is 1. The van der Waals surface area contributed by atoms with Crippen LogP contribution in [-0.2, 0) is 7.05 Å². The molecule has 1 N–H and O–H groups in total. The van der Waals surface area contributed by atoms with Gasteiger partial charge in [0.25, 0.3) is 0 Å². The van der Waals surface area contributed by atoms with Gasteiger partial charge < -0.3 is 14.6 Å². The van der Waals surface area contributed by atoms with Gasteiger partial charge >= 0.3 is 0 Å². The minimum Gasteiger partial charge on any atom is -0.497 e. The lowest BCUT2D eigenvalue weighted by atomic mass is 10.1. The summed E-state index contributed by atoms with van der Waals surface area (Å²) in [7, 11) is 3.54. The van der Waals surface area contributed by atoms with Gasteiger partial charge in [-0.2, -0.15) is 5.10 Å². The fourth-order valence-electron chi connectivity index (χ4n) is 3.75. The first-order valence-corrected chi connectivity index (χ1v) is 10.6. The Balaban J connectivity index is 1.69. The van der Waals surface area contributed by atoms with E-state index in [1.807, 2.05) is 58.5 Å². The van der Waals surface area contributed by atoms with Crippen LogP contribution < -0.4 is 10.1 Å². The zero-order valence-electron chi connectivity index (χ0n) is 19.2. The maximum absolute atomic E-state index is 5.34. The van der Waals surface area contributed by atoms with Crippen molar-refractivity contribution in [2.24, 2.45) is 7.05 Å². The summed E-state index contributed by atoms with van der Waals surface area (Å²) < 4.78 is 11.0. The van der Waals surface area contributed by atoms with Crippen LogP contribution in [0.4, 0.5) is 11.6 Å². The van der Waals surface area contributed by atoms with Gasteiger partial charge in [0.05, 0.1) is 12.8 Å². The van der Waals surface area contributed by atoms with Crippen molar-refractivity contribution in [1.82, 2.24) is 38.9 Å². The summed E-state index contributed by atoms with van der Waals surface area (Å²) in [4.78, 5) is 13.7. The van der Waals surface area contributed by atoms with E-state index < -0.39 is 0 Å². The van der Waals surface area contributed by atoms with Gasteiger partial charge in [-0.3, -0.25) is 4.68 Å². The Morgan fingerprint density at radius 3 is 2.61 bits per heavy atom. The Labute approximate surface area is 190 Å². The lowest BCUT2D eigenvalue weighted by Gasteiger charge is -2.10. The number of hydrogen-bond acceptors (Lipinski definition) is 7. The molecule has 10 nitrogen and oxygen atoms in total. The highest BCUT2D eigenvalue weighted by atomic mass is 16.5. The van der Waals surface area contributed by atoms with Gasteiger partial charge in [-0.15, -0.1) is 5.10 Å². The van der Waals surface area contributed by atoms with E-state index in [1.165, 1.54) is 0 Å². The second-order valence-corrected chi connectivity index (χ2v) is 8.09. The number of anilines is 2. The van der Waals surface area contributed by atoms with E-state index in [4.69, 9.17) is 19.9 Å². The molecule has 10 heteroatoms. The zero-order chi connectivity index (χ0) is 23.1. The molecule has 0 fully saturated rings. The molecule has 33 heavy (non-hydrogen) atoms. The van der Waals surface area contributed by atoms with Gasteiger partial charge in [-0.05, 0) is 38.5 Å². The topological polar surface area (TPSA) is 100.0 Å². The molecule has 5 rings (SSSR count). The Morgan fingerprint density at radius 1 is 1.06 bits per heavy atom. The number of imidazole rings is 1. The minimum absolute atomic E-state index is 0.280. The number of methoxy groups -OCH3 is 1. The molecule has 0 aliphatic carbocycles. The molecule has 0 saturated carbocycles. The van der Waals surface area contributed by atoms with Crippen molar-refractivity contribution >= 4 is 17.2 Å². The Hall–Kier alpha value is -4.21. The van der Waals surface area contributed by atoms with Gasteiger partial charge in [0.2, 0.25) is 5.82 Å². The number of rotatable bonds is 6. The highest BCUT2D eigenvalue weighted by molar-refractivity contribution is 5.84. The molecular formula is C23H25N9O. The lowest BCUT2D eigenvalue weighted by molar-refractivity contribution is 0.414. The summed E-state index contributed by atoms with van der Waals surface area (Å²) >= 11 is 0. The van der Waals surface area contributed by atoms with Crippen molar-refractivity contribution < 1.29 is 4.74 Å². The van der Waals surface area contributed by atoms with E-state index in [9.17, 15) is 0 Å². The highest BCUT2D eigenvalue weighted by Gasteiger charge is 2.20. The maximum atomic E-state index is 5.34. The average Bonchev–Trinajstić information content (AvgIpc) is 3.52. The first-order chi connectivity index (χ1) is 15.9. The molecule has 0 aliphatic heterocycles. The Kier molecular flexibility index (Phi) is 5.04. The summed E-state index contributed by atoms with van der Waals surface area (Å²) in [5, 5.41) is 12.9. The quantitative estimate of drug-likeness (QED) is 0.423. The molecule has 0 radical (unpaired) electrons. The smallest absolute Gasteiger partial charge is 0.218 e. The second-order valence-electron chi connectivity index (χ2n) is 8.09. The second kappa shape index (κ2) is 8.05. The summed E-state index contributed by atoms with van der Waals surface area (Å²) in [5.74, 6) is 3.10. The van der Waals surface area contributed by atoms with E-state index in [-0.39, 0.29) is 6.04 Å². The van der Waals surface area contributed by atoms with Crippen LogP contribution in [-0.4, -0.2) is 46.0 Å². The molecule has 5 aromatic heterocycles.